The van der Waals surface area contributed by atoms with Crippen LogP contribution in [0.3, 0.4) is 0 Å². The lowest BCUT2D eigenvalue weighted by atomic mass is 9.79. The standard InChI is InChI=1S/C42H64O2S2/c1-41(2,3)33-23-31(39(43)35(25-33)29-17-11-9-12-18-29)27-45-37-21-15-7-8-16-22-38(37)46-28-32-24-34(42(4,5)6)26-36(40(32)44)30-19-13-10-14-20-30/h23-26,29-30,37-38,43-44H,7-22,27-28H2,1-6H3/t37-,38-/m0/s1. The number of benzene rings is 2. The van der Waals surface area contributed by atoms with Crippen molar-refractivity contribution in [3.8, 4) is 11.5 Å². The molecule has 0 spiro atoms. The molecule has 2 aromatic carbocycles. The van der Waals surface area contributed by atoms with Gasteiger partial charge in [-0.15, -0.1) is 0 Å². The van der Waals surface area contributed by atoms with Crippen molar-refractivity contribution in [1.82, 2.24) is 0 Å². The molecular weight excluding hydrogens is 601 g/mol. The summed E-state index contributed by atoms with van der Waals surface area (Å²) in [6, 6.07) is 9.33. The van der Waals surface area contributed by atoms with Crippen LogP contribution in [0.2, 0.25) is 0 Å². The highest BCUT2D eigenvalue weighted by atomic mass is 32.2. The molecule has 3 saturated carbocycles. The third kappa shape index (κ3) is 9.25. The van der Waals surface area contributed by atoms with Crippen LogP contribution in [-0.4, -0.2) is 20.7 Å². The highest BCUT2D eigenvalue weighted by molar-refractivity contribution is 8.03. The van der Waals surface area contributed by atoms with E-state index in [1.807, 2.05) is 0 Å². The molecule has 3 aliphatic rings. The second kappa shape index (κ2) is 16.0. The number of thioether (sulfide) groups is 2. The number of hydrogen-bond acceptors (Lipinski definition) is 4. The minimum Gasteiger partial charge on any atom is -0.507 e. The average molecular weight is 665 g/mol. The Morgan fingerprint density at radius 3 is 1.17 bits per heavy atom. The van der Waals surface area contributed by atoms with E-state index < -0.39 is 0 Å². The van der Waals surface area contributed by atoms with E-state index in [-0.39, 0.29) is 10.8 Å². The summed E-state index contributed by atoms with van der Waals surface area (Å²) in [7, 11) is 0. The van der Waals surface area contributed by atoms with Crippen molar-refractivity contribution in [2.45, 2.75) is 189 Å². The van der Waals surface area contributed by atoms with Gasteiger partial charge in [0, 0.05) is 33.1 Å². The molecule has 46 heavy (non-hydrogen) atoms. The lowest BCUT2D eigenvalue weighted by Gasteiger charge is -2.31. The molecule has 256 valence electrons. The smallest absolute Gasteiger partial charge is 0.123 e. The molecular formula is C42H64O2S2. The molecule has 0 amide bonds. The zero-order valence-corrected chi connectivity index (χ0v) is 31.7. The quantitative estimate of drug-likeness (QED) is 0.295. The number of rotatable bonds is 8. The zero-order valence-electron chi connectivity index (χ0n) is 30.1. The van der Waals surface area contributed by atoms with E-state index >= 15 is 0 Å². The number of aromatic hydroxyl groups is 2. The van der Waals surface area contributed by atoms with Gasteiger partial charge in [-0.2, -0.15) is 23.5 Å². The minimum absolute atomic E-state index is 0.0647. The highest BCUT2D eigenvalue weighted by Crippen LogP contribution is 2.46. The molecule has 3 fully saturated rings. The van der Waals surface area contributed by atoms with Crippen molar-refractivity contribution < 1.29 is 10.2 Å². The Morgan fingerprint density at radius 1 is 0.500 bits per heavy atom. The summed E-state index contributed by atoms with van der Waals surface area (Å²) in [6.07, 6.45) is 20.4. The van der Waals surface area contributed by atoms with Crippen LogP contribution in [0.4, 0.5) is 0 Å². The normalized spacial score (nSPS) is 22.8. The monoisotopic (exact) mass is 664 g/mol. The topological polar surface area (TPSA) is 40.5 Å². The Bertz CT molecular complexity index is 1170. The first-order chi connectivity index (χ1) is 21.9. The molecule has 0 bridgehead atoms. The van der Waals surface area contributed by atoms with Gasteiger partial charge in [0.05, 0.1) is 0 Å². The molecule has 0 aliphatic heterocycles. The van der Waals surface area contributed by atoms with Crippen LogP contribution in [0, 0.1) is 0 Å². The molecule has 0 saturated heterocycles. The maximum Gasteiger partial charge on any atom is 0.123 e. The Balaban J connectivity index is 1.36. The van der Waals surface area contributed by atoms with Gasteiger partial charge in [-0.25, -0.2) is 0 Å². The van der Waals surface area contributed by atoms with E-state index in [0.29, 0.717) is 33.8 Å². The average Bonchev–Trinajstić information content (AvgIpc) is 3.01. The fourth-order valence-electron chi connectivity index (χ4n) is 8.17. The molecule has 4 heteroatoms. The molecule has 2 aromatic rings. The van der Waals surface area contributed by atoms with Crippen LogP contribution in [0.5, 0.6) is 11.5 Å². The molecule has 2 N–H and O–H groups in total. The number of phenolic OH excluding ortho intramolecular Hbond substituents is 2. The number of phenols is 2. The SMILES string of the molecule is CC(C)(C)c1cc(CS[C@H]2CCCCCC[C@@H]2SCc2cc(C(C)(C)C)cc(C3CCCCC3)c2O)c(O)c(C2CCCCC2)c1. The Kier molecular flexibility index (Phi) is 12.5. The molecule has 0 heterocycles. The molecule has 2 atom stereocenters. The minimum atomic E-state index is 0.0647. The number of hydrogen-bond donors (Lipinski definition) is 2. The van der Waals surface area contributed by atoms with Crippen molar-refractivity contribution in [1.29, 1.82) is 0 Å². The second-order valence-electron chi connectivity index (χ2n) is 17.0. The van der Waals surface area contributed by atoms with E-state index in [1.54, 1.807) is 0 Å². The van der Waals surface area contributed by atoms with Gasteiger partial charge >= 0.3 is 0 Å². The van der Waals surface area contributed by atoms with Crippen LogP contribution < -0.4 is 0 Å². The predicted molar refractivity (Wildman–Crippen MR) is 203 cm³/mol. The van der Waals surface area contributed by atoms with Gasteiger partial charge in [0.25, 0.3) is 0 Å². The molecule has 0 aromatic heterocycles. The summed E-state index contributed by atoms with van der Waals surface area (Å²) < 4.78 is 0. The van der Waals surface area contributed by atoms with Crippen molar-refractivity contribution in [2.75, 3.05) is 0 Å². The summed E-state index contributed by atoms with van der Waals surface area (Å²) in [5, 5.41) is 24.5. The second-order valence-corrected chi connectivity index (χ2v) is 19.5. The lowest BCUT2D eigenvalue weighted by Crippen LogP contribution is -2.23. The van der Waals surface area contributed by atoms with Crippen molar-refractivity contribution in [3.05, 3.63) is 57.6 Å². The van der Waals surface area contributed by atoms with Crippen LogP contribution in [0.15, 0.2) is 24.3 Å². The molecule has 5 rings (SSSR count). The maximum atomic E-state index is 11.7. The Labute approximate surface area is 290 Å². The summed E-state index contributed by atoms with van der Waals surface area (Å²) >= 11 is 4.20. The summed E-state index contributed by atoms with van der Waals surface area (Å²) in [4.78, 5) is 0. The Morgan fingerprint density at radius 2 is 0.826 bits per heavy atom. The first kappa shape index (κ1) is 36.0. The zero-order chi connectivity index (χ0) is 32.9. The Hall–Kier alpha value is -1.26. The maximum absolute atomic E-state index is 11.7. The van der Waals surface area contributed by atoms with Crippen LogP contribution in [-0.2, 0) is 22.3 Å². The van der Waals surface area contributed by atoms with E-state index in [4.69, 9.17) is 0 Å². The summed E-state index contributed by atoms with van der Waals surface area (Å²) in [5.41, 5.74) is 7.60. The third-order valence-electron chi connectivity index (χ3n) is 11.3. The largest absolute Gasteiger partial charge is 0.507 e. The van der Waals surface area contributed by atoms with Crippen molar-refractivity contribution >= 4 is 23.5 Å². The summed E-state index contributed by atoms with van der Waals surface area (Å²) in [6.45, 7) is 13.9. The van der Waals surface area contributed by atoms with Crippen molar-refractivity contribution in [2.24, 2.45) is 0 Å². The van der Waals surface area contributed by atoms with Gasteiger partial charge in [-0.05, 0) is 83.4 Å². The predicted octanol–water partition coefficient (Wildman–Crippen LogP) is 13.0. The van der Waals surface area contributed by atoms with E-state index in [2.05, 4.69) is 89.3 Å². The van der Waals surface area contributed by atoms with Gasteiger partial charge in [0.15, 0.2) is 0 Å². The first-order valence-electron chi connectivity index (χ1n) is 18.9. The molecule has 3 aliphatic carbocycles. The molecule has 2 nitrogen and oxygen atoms in total. The van der Waals surface area contributed by atoms with Gasteiger partial charge in [0.1, 0.15) is 11.5 Å². The van der Waals surface area contributed by atoms with Gasteiger partial charge < -0.3 is 10.2 Å². The highest BCUT2D eigenvalue weighted by Gasteiger charge is 2.29. The first-order valence-corrected chi connectivity index (χ1v) is 21.0. The van der Waals surface area contributed by atoms with Crippen molar-refractivity contribution in [3.63, 3.8) is 0 Å². The van der Waals surface area contributed by atoms with E-state index in [0.717, 1.165) is 22.6 Å². The van der Waals surface area contributed by atoms with E-state index in [9.17, 15) is 10.2 Å². The van der Waals surface area contributed by atoms with Gasteiger partial charge in [-0.1, -0.05) is 130 Å². The van der Waals surface area contributed by atoms with Crippen LogP contribution >= 0.6 is 23.5 Å². The van der Waals surface area contributed by atoms with Crippen LogP contribution in [0.25, 0.3) is 0 Å². The molecule has 0 radical (unpaired) electrons. The van der Waals surface area contributed by atoms with E-state index in [1.165, 1.54) is 125 Å². The van der Waals surface area contributed by atoms with Crippen LogP contribution in [0.1, 0.15) is 189 Å². The van der Waals surface area contributed by atoms with Gasteiger partial charge in [-0.3, -0.25) is 0 Å². The molecule has 0 unspecified atom stereocenters. The van der Waals surface area contributed by atoms with Gasteiger partial charge in [0.2, 0.25) is 0 Å². The lowest BCUT2D eigenvalue weighted by molar-refractivity contribution is 0.410. The fourth-order valence-corrected chi connectivity index (χ4v) is 11.2. The summed E-state index contributed by atoms with van der Waals surface area (Å²) in [5.74, 6) is 3.93. The fraction of sp³-hybridized carbons (Fsp3) is 0.714. The third-order valence-corrected chi connectivity index (χ3v) is 14.4.